The number of aryl methyl sites for hydroxylation is 2. The SMILES string of the molecule is CCc1nc(NCc2ccc(S(C)(=O)=O)c(C)c2)c2ccsc2n1. The van der Waals surface area contributed by atoms with Crippen LogP contribution in [0.4, 0.5) is 5.82 Å². The van der Waals surface area contributed by atoms with Crippen LogP contribution < -0.4 is 5.32 Å². The van der Waals surface area contributed by atoms with Crippen LogP contribution in [0.2, 0.25) is 0 Å². The lowest BCUT2D eigenvalue weighted by Gasteiger charge is -2.10. The molecule has 0 saturated carbocycles. The lowest BCUT2D eigenvalue weighted by Crippen LogP contribution is -2.06. The molecule has 0 aliphatic heterocycles. The van der Waals surface area contributed by atoms with Gasteiger partial charge in [-0.15, -0.1) is 11.3 Å². The zero-order chi connectivity index (χ0) is 17.3. The molecule has 0 spiro atoms. The summed E-state index contributed by atoms with van der Waals surface area (Å²) in [4.78, 5) is 10.5. The van der Waals surface area contributed by atoms with Crippen LogP contribution in [0.3, 0.4) is 0 Å². The number of benzene rings is 1. The second-order valence-electron chi connectivity index (χ2n) is 5.71. The van der Waals surface area contributed by atoms with Crippen LogP contribution in [-0.4, -0.2) is 24.6 Å². The predicted molar refractivity (Wildman–Crippen MR) is 98.4 cm³/mol. The topological polar surface area (TPSA) is 72.0 Å². The summed E-state index contributed by atoms with van der Waals surface area (Å²) in [7, 11) is -3.19. The molecular weight excluding hydrogens is 342 g/mol. The number of hydrogen-bond donors (Lipinski definition) is 1. The Morgan fingerprint density at radius 1 is 1.21 bits per heavy atom. The summed E-state index contributed by atoms with van der Waals surface area (Å²) >= 11 is 1.60. The molecular formula is C17H19N3O2S2. The second-order valence-corrected chi connectivity index (χ2v) is 8.59. The number of nitrogens with one attached hydrogen (secondary N) is 1. The zero-order valence-corrected chi connectivity index (χ0v) is 15.5. The van der Waals surface area contributed by atoms with Crippen LogP contribution >= 0.6 is 11.3 Å². The van der Waals surface area contributed by atoms with E-state index in [1.165, 1.54) is 6.26 Å². The molecule has 0 unspecified atom stereocenters. The van der Waals surface area contributed by atoms with Gasteiger partial charge in [-0.05, 0) is 35.6 Å². The van der Waals surface area contributed by atoms with Crippen molar-refractivity contribution in [1.29, 1.82) is 0 Å². The van der Waals surface area contributed by atoms with Crippen molar-refractivity contribution in [3.63, 3.8) is 0 Å². The first-order chi connectivity index (χ1) is 11.4. The van der Waals surface area contributed by atoms with Gasteiger partial charge in [0.1, 0.15) is 16.5 Å². The molecule has 1 aromatic carbocycles. The number of anilines is 1. The third-order valence-corrected chi connectivity index (χ3v) is 5.85. The minimum atomic E-state index is -3.19. The van der Waals surface area contributed by atoms with Crippen LogP contribution in [0.25, 0.3) is 10.2 Å². The van der Waals surface area contributed by atoms with E-state index >= 15 is 0 Å². The first-order valence-corrected chi connectivity index (χ1v) is 10.4. The van der Waals surface area contributed by atoms with Crippen molar-refractivity contribution in [2.75, 3.05) is 11.6 Å². The van der Waals surface area contributed by atoms with E-state index in [0.717, 1.165) is 39.4 Å². The van der Waals surface area contributed by atoms with E-state index in [1.54, 1.807) is 17.4 Å². The third kappa shape index (κ3) is 3.42. The van der Waals surface area contributed by atoms with Gasteiger partial charge in [0.05, 0.1) is 10.3 Å². The van der Waals surface area contributed by atoms with Gasteiger partial charge in [-0.2, -0.15) is 0 Å². The normalized spacial score (nSPS) is 11.8. The van der Waals surface area contributed by atoms with Crippen LogP contribution in [0.1, 0.15) is 23.9 Å². The van der Waals surface area contributed by atoms with E-state index in [2.05, 4.69) is 15.3 Å². The molecule has 0 saturated heterocycles. The van der Waals surface area contributed by atoms with E-state index in [1.807, 2.05) is 37.4 Å². The van der Waals surface area contributed by atoms with Gasteiger partial charge in [0.15, 0.2) is 9.84 Å². The highest BCUT2D eigenvalue weighted by molar-refractivity contribution is 7.90. The number of thiophene rings is 1. The van der Waals surface area contributed by atoms with Crippen LogP contribution in [-0.2, 0) is 22.8 Å². The molecule has 0 aliphatic carbocycles. The Morgan fingerprint density at radius 2 is 2.00 bits per heavy atom. The molecule has 7 heteroatoms. The summed E-state index contributed by atoms with van der Waals surface area (Å²) < 4.78 is 23.4. The van der Waals surface area contributed by atoms with E-state index in [4.69, 9.17) is 0 Å². The van der Waals surface area contributed by atoms with Crippen LogP contribution in [0.5, 0.6) is 0 Å². The smallest absolute Gasteiger partial charge is 0.175 e. The number of fused-ring (bicyclic) bond motifs is 1. The first-order valence-electron chi connectivity index (χ1n) is 7.66. The molecule has 5 nitrogen and oxygen atoms in total. The van der Waals surface area contributed by atoms with Crippen LogP contribution in [0.15, 0.2) is 34.5 Å². The summed E-state index contributed by atoms with van der Waals surface area (Å²) in [5, 5.41) is 6.38. The Bertz CT molecular complexity index is 994. The number of hydrogen-bond acceptors (Lipinski definition) is 6. The number of nitrogens with zero attached hydrogens (tertiary/aromatic N) is 2. The van der Waals surface area contributed by atoms with Crippen molar-refractivity contribution in [2.45, 2.75) is 31.7 Å². The summed E-state index contributed by atoms with van der Waals surface area (Å²) in [5.74, 6) is 1.64. The fourth-order valence-corrected chi connectivity index (χ4v) is 4.36. The van der Waals surface area contributed by atoms with Gasteiger partial charge in [0.25, 0.3) is 0 Å². The Hall–Kier alpha value is -1.99. The Kier molecular flexibility index (Phi) is 4.56. The minimum Gasteiger partial charge on any atom is -0.365 e. The van der Waals surface area contributed by atoms with E-state index in [0.29, 0.717) is 11.4 Å². The highest BCUT2D eigenvalue weighted by Crippen LogP contribution is 2.26. The van der Waals surface area contributed by atoms with Crippen molar-refractivity contribution in [2.24, 2.45) is 0 Å². The van der Waals surface area contributed by atoms with Gasteiger partial charge < -0.3 is 5.32 Å². The highest BCUT2D eigenvalue weighted by atomic mass is 32.2. The van der Waals surface area contributed by atoms with E-state index in [9.17, 15) is 8.42 Å². The van der Waals surface area contributed by atoms with Crippen molar-refractivity contribution in [1.82, 2.24) is 9.97 Å². The fourth-order valence-electron chi connectivity index (χ4n) is 2.62. The molecule has 0 atom stereocenters. The molecule has 0 fully saturated rings. The van der Waals surface area contributed by atoms with Gasteiger partial charge in [0, 0.05) is 19.2 Å². The standard InChI is InChI=1S/C17H19N3O2S2/c1-4-15-19-16(13-7-8-23-17(13)20-15)18-10-12-5-6-14(11(2)9-12)24(3,21)22/h5-9H,4,10H2,1-3H3,(H,18,19,20). The maximum atomic E-state index is 11.7. The second kappa shape index (κ2) is 6.49. The summed E-state index contributed by atoms with van der Waals surface area (Å²) in [5.41, 5.74) is 1.77. The maximum absolute atomic E-state index is 11.7. The molecule has 0 radical (unpaired) electrons. The number of aromatic nitrogens is 2. The summed E-state index contributed by atoms with van der Waals surface area (Å²) in [6.07, 6.45) is 2.01. The monoisotopic (exact) mass is 361 g/mol. The van der Waals surface area contributed by atoms with E-state index in [-0.39, 0.29) is 0 Å². The Balaban J connectivity index is 1.86. The molecule has 1 N–H and O–H groups in total. The first kappa shape index (κ1) is 16.9. The molecule has 0 amide bonds. The largest absolute Gasteiger partial charge is 0.365 e. The predicted octanol–water partition coefficient (Wildman–Crippen LogP) is 3.58. The fraction of sp³-hybridized carbons (Fsp3) is 0.294. The lowest BCUT2D eigenvalue weighted by atomic mass is 10.1. The van der Waals surface area contributed by atoms with Crippen molar-refractivity contribution < 1.29 is 8.42 Å². The Labute approximate surface area is 145 Å². The number of sulfone groups is 1. The van der Waals surface area contributed by atoms with Crippen LogP contribution in [0, 0.1) is 6.92 Å². The van der Waals surface area contributed by atoms with Crippen molar-refractivity contribution in [3.05, 3.63) is 46.6 Å². The van der Waals surface area contributed by atoms with Crippen molar-refractivity contribution >= 4 is 37.2 Å². The molecule has 0 aliphatic rings. The van der Waals surface area contributed by atoms with Gasteiger partial charge in [-0.25, -0.2) is 18.4 Å². The minimum absolute atomic E-state index is 0.377. The average Bonchev–Trinajstić information content (AvgIpc) is 2.99. The molecule has 126 valence electrons. The number of rotatable bonds is 5. The third-order valence-electron chi connectivity index (χ3n) is 3.79. The molecule has 3 rings (SSSR count). The molecule has 24 heavy (non-hydrogen) atoms. The highest BCUT2D eigenvalue weighted by Gasteiger charge is 2.12. The molecule has 2 heterocycles. The van der Waals surface area contributed by atoms with E-state index < -0.39 is 9.84 Å². The molecule has 3 aromatic rings. The summed E-state index contributed by atoms with van der Waals surface area (Å²) in [6.45, 7) is 4.43. The van der Waals surface area contributed by atoms with Gasteiger partial charge >= 0.3 is 0 Å². The van der Waals surface area contributed by atoms with Gasteiger partial charge in [0.2, 0.25) is 0 Å². The Morgan fingerprint density at radius 3 is 2.67 bits per heavy atom. The van der Waals surface area contributed by atoms with Gasteiger partial charge in [-0.3, -0.25) is 0 Å². The maximum Gasteiger partial charge on any atom is 0.175 e. The molecule has 2 aromatic heterocycles. The molecule has 0 bridgehead atoms. The quantitative estimate of drug-likeness (QED) is 0.752. The zero-order valence-electron chi connectivity index (χ0n) is 13.8. The average molecular weight is 361 g/mol. The van der Waals surface area contributed by atoms with Gasteiger partial charge in [-0.1, -0.05) is 19.1 Å². The van der Waals surface area contributed by atoms with Crippen molar-refractivity contribution in [3.8, 4) is 0 Å². The summed E-state index contributed by atoms with van der Waals surface area (Å²) in [6, 6.07) is 7.42. The lowest BCUT2D eigenvalue weighted by molar-refractivity contribution is 0.601.